The maximum absolute atomic E-state index is 13.8. The number of amides is 1. The van der Waals surface area contributed by atoms with Gasteiger partial charge < -0.3 is 26.2 Å². The number of aromatic hydroxyl groups is 1. The van der Waals surface area contributed by atoms with Gasteiger partial charge in [0.05, 0.1) is 11.6 Å². The third-order valence-electron chi connectivity index (χ3n) is 7.75. The largest absolute Gasteiger partial charge is 0.508 e. The predicted octanol–water partition coefficient (Wildman–Crippen LogP) is 1.70. The molecule has 0 unspecified atom stereocenters. The molecule has 0 aliphatic heterocycles. The molecule has 9 heteroatoms. The number of benzene rings is 1. The van der Waals surface area contributed by atoms with Gasteiger partial charge in [-0.15, -0.1) is 0 Å². The molecule has 0 aromatic heterocycles. The van der Waals surface area contributed by atoms with Crippen LogP contribution in [0.4, 0.5) is 0 Å². The summed E-state index contributed by atoms with van der Waals surface area (Å²) >= 11 is 0. The van der Waals surface area contributed by atoms with Crippen molar-refractivity contribution in [2.75, 3.05) is 14.1 Å². The summed E-state index contributed by atoms with van der Waals surface area (Å²) in [5.41, 5.74) is 3.64. The second-order valence-electron chi connectivity index (χ2n) is 10.0. The Bertz CT molecular complexity index is 1180. The Morgan fingerprint density at radius 1 is 1.17 bits per heavy atom. The van der Waals surface area contributed by atoms with E-state index >= 15 is 0 Å². The number of aliphatic hydroxyl groups is 3. The topological polar surface area (TPSA) is 161 Å². The molecule has 4 rings (SSSR count). The Labute approximate surface area is 203 Å². The molecule has 188 valence electrons. The molecular weight excluding hydrogens is 452 g/mol. The van der Waals surface area contributed by atoms with Crippen LogP contribution < -0.4 is 5.73 Å². The number of hydrogen-bond donors (Lipinski definition) is 5. The van der Waals surface area contributed by atoms with Crippen molar-refractivity contribution in [3.8, 4) is 5.75 Å². The van der Waals surface area contributed by atoms with Gasteiger partial charge in [0.2, 0.25) is 5.78 Å². The minimum atomic E-state index is -2.61. The standard InChI is InChI=1S/C26H32N2O7/c1-4-5-6-7-12-8-9-16(29)18-14(12)10-13-11-15-20(28(2)3)22(31)19(25(27)34)24(33)26(15,35)23(32)17(13)21(18)30/h8-9,13,15,20,29-30,33,35H,4-7,10-11H2,1-3H3,(H2,27,34)/t13-,15-,20-,26-/m0/s1. The quantitative estimate of drug-likeness (QED) is 0.301. The highest BCUT2D eigenvalue weighted by atomic mass is 16.3. The summed E-state index contributed by atoms with van der Waals surface area (Å²) in [6, 6.07) is 2.22. The molecule has 1 amide bonds. The summed E-state index contributed by atoms with van der Waals surface area (Å²) < 4.78 is 0. The van der Waals surface area contributed by atoms with Gasteiger partial charge in [-0.25, -0.2) is 0 Å². The minimum absolute atomic E-state index is 0.0931. The Morgan fingerprint density at radius 2 is 1.86 bits per heavy atom. The second-order valence-corrected chi connectivity index (χ2v) is 10.0. The van der Waals surface area contributed by atoms with Gasteiger partial charge in [-0.2, -0.15) is 0 Å². The first kappa shape index (κ1) is 24.9. The molecule has 0 bridgehead atoms. The van der Waals surface area contributed by atoms with E-state index in [-0.39, 0.29) is 23.3 Å². The number of hydrogen-bond acceptors (Lipinski definition) is 8. The summed E-state index contributed by atoms with van der Waals surface area (Å²) in [7, 11) is 3.16. The van der Waals surface area contributed by atoms with Gasteiger partial charge in [-0.1, -0.05) is 25.8 Å². The summed E-state index contributed by atoms with van der Waals surface area (Å²) in [6.45, 7) is 2.10. The van der Waals surface area contributed by atoms with Crippen LogP contribution in [0.5, 0.6) is 5.75 Å². The van der Waals surface area contributed by atoms with Gasteiger partial charge in [0.1, 0.15) is 22.8 Å². The number of carbonyl (C=O) groups excluding carboxylic acids is 3. The molecule has 4 atom stereocenters. The average molecular weight is 485 g/mol. The van der Waals surface area contributed by atoms with Crippen LogP contribution in [0.2, 0.25) is 0 Å². The molecule has 1 fully saturated rings. The summed E-state index contributed by atoms with van der Waals surface area (Å²) in [5.74, 6) is -6.33. The Morgan fingerprint density at radius 3 is 2.46 bits per heavy atom. The fourth-order valence-electron chi connectivity index (χ4n) is 6.11. The number of aryl methyl sites for hydroxylation is 1. The van der Waals surface area contributed by atoms with E-state index in [1.165, 1.54) is 11.0 Å². The lowest BCUT2D eigenvalue weighted by atomic mass is 9.57. The van der Waals surface area contributed by atoms with Gasteiger partial charge in [-0.3, -0.25) is 19.3 Å². The number of rotatable bonds is 6. The van der Waals surface area contributed by atoms with E-state index in [2.05, 4.69) is 6.92 Å². The van der Waals surface area contributed by atoms with Gasteiger partial charge in [0.15, 0.2) is 11.4 Å². The molecule has 1 aromatic rings. The summed E-state index contributed by atoms with van der Waals surface area (Å²) in [6.07, 6.45) is 4.16. The monoisotopic (exact) mass is 484 g/mol. The SMILES string of the molecule is CCCCCc1ccc(O)c2c1C[C@H]1C[C@H]3[C@H](N(C)C)C(=O)C(C(N)=O)=C(O)[C@@]3(O)C(=O)C1=C2O. The highest BCUT2D eigenvalue weighted by molar-refractivity contribution is 6.24. The molecule has 0 saturated heterocycles. The summed E-state index contributed by atoms with van der Waals surface area (Å²) in [4.78, 5) is 40.4. The molecule has 1 saturated carbocycles. The zero-order valence-corrected chi connectivity index (χ0v) is 20.2. The van der Waals surface area contributed by atoms with Gasteiger partial charge in [-0.05, 0) is 62.9 Å². The molecule has 3 aliphatic carbocycles. The van der Waals surface area contributed by atoms with E-state index in [0.29, 0.717) is 6.42 Å². The lowest BCUT2D eigenvalue weighted by Crippen LogP contribution is -2.65. The van der Waals surface area contributed by atoms with Crippen molar-refractivity contribution in [2.24, 2.45) is 17.6 Å². The Hall–Kier alpha value is -3.17. The van der Waals surface area contributed by atoms with E-state index in [4.69, 9.17) is 5.73 Å². The minimum Gasteiger partial charge on any atom is -0.508 e. The smallest absolute Gasteiger partial charge is 0.255 e. The zero-order chi connectivity index (χ0) is 25.8. The fraction of sp³-hybridized carbons (Fsp3) is 0.500. The van der Waals surface area contributed by atoms with Crippen LogP contribution >= 0.6 is 0 Å². The predicted molar refractivity (Wildman–Crippen MR) is 127 cm³/mol. The highest BCUT2D eigenvalue weighted by Gasteiger charge is 2.64. The molecule has 1 aromatic carbocycles. The number of unbranched alkanes of at least 4 members (excludes halogenated alkanes) is 2. The van der Waals surface area contributed by atoms with Crippen LogP contribution in [0.3, 0.4) is 0 Å². The van der Waals surface area contributed by atoms with Crippen LogP contribution in [0.25, 0.3) is 5.76 Å². The number of aliphatic hydroxyl groups excluding tert-OH is 2. The van der Waals surface area contributed by atoms with E-state index in [1.807, 2.05) is 6.07 Å². The molecule has 0 heterocycles. The number of carbonyl (C=O) groups is 3. The van der Waals surface area contributed by atoms with Crippen molar-refractivity contribution >= 4 is 23.2 Å². The third kappa shape index (κ3) is 3.56. The first-order valence-electron chi connectivity index (χ1n) is 11.9. The van der Waals surface area contributed by atoms with Crippen molar-refractivity contribution in [2.45, 2.75) is 57.1 Å². The van der Waals surface area contributed by atoms with Gasteiger partial charge in [0, 0.05) is 11.5 Å². The van der Waals surface area contributed by atoms with Gasteiger partial charge >= 0.3 is 0 Å². The Kier molecular flexibility index (Phi) is 6.27. The number of fused-ring (bicyclic) bond motifs is 3. The molecule has 3 aliphatic rings. The maximum atomic E-state index is 13.8. The van der Waals surface area contributed by atoms with Crippen LogP contribution in [-0.4, -0.2) is 68.5 Å². The first-order valence-corrected chi connectivity index (χ1v) is 11.9. The van der Waals surface area contributed by atoms with Crippen LogP contribution in [0.1, 0.15) is 49.3 Å². The van der Waals surface area contributed by atoms with Crippen LogP contribution in [0, 0.1) is 11.8 Å². The van der Waals surface area contributed by atoms with Crippen molar-refractivity contribution in [1.82, 2.24) is 4.90 Å². The van der Waals surface area contributed by atoms with Crippen LogP contribution in [0.15, 0.2) is 29.0 Å². The molecule has 6 N–H and O–H groups in total. The Balaban J connectivity index is 1.91. The molecule has 0 spiro atoms. The van der Waals surface area contributed by atoms with Crippen molar-refractivity contribution in [1.29, 1.82) is 0 Å². The lowest BCUT2D eigenvalue weighted by molar-refractivity contribution is -0.153. The number of phenols is 1. The van der Waals surface area contributed by atoms with Crippen molar-refractivity contribution in [3.05, 3.63) is 45.7 Å². The zero-order valence-electron chi connectivity index (χ0n) is 20.2. The third-order valence-corrected chi connectivity index (χ3v) is 7.75. The summed E-state index contributed by atoms with van der Waals surface area (Å²) in [5, 5.41) is 44.2. The number of likely N-dealkylation sites (N-methyl/N-ethyl adjacent to an activating group) is 1. The van der Waals surface area contributed by atoms with E-state index in [0.717, 1.165) is 36.8 Å². The number of Topliss-reactive ketones (excluding diaryl/α,β-unsaturated/α-hetero) is 2. The van der Waals surface area contributed by atoms with E-state index in [1.54, 1.807) is 14.1 Å². The first-order chi connectivity index (χ1) is 16.5. The molecule has 35 heavy (non-hydrogen) atoms. The van der Waals surface area contributed by atoms with Crippen molar-refractivity contribution in [3.63, 3.8) is 0 Å². The number of phenolic OH excluding ortho intramolecular Hbond substituents is 1. The number of nitrogens with zero attached hydrogens (tertiary/aromatic N) is 1. The van der Waals surface area contributed by atoms with Gasteiger partial charge in [0.25, 0.3) is 5.91 Å². The normalized spacial score (nSPS) is 28.2. The van der Waals surface area contributed by atoms with Crippen molar-refractivity contribution < 1.29 is 34.8 Å². The number of primary amides is 1. The van der Waals surface area contributed by atoms with Crippen LogP contribution in [-0.2, 0) is 27.2 Å². The average Bonchev–Trinajstić information content (AvgIpc) is 2.77. The van der Waals surface area contributed by atoms with E-state index in [9.17, 15) is 34.8 Å². The number of nitrogens with two attached hydrogens (primary N) is 1. The molecule has 9 nitrogen and oxygen atoms in total. The van der Waals surface area contributed by atoms with E-state index < -0.39 is 58.0 Å². The molecule has 0 radical (unpaired) electrons. The second kappa shape index (κ2) is 8.80. The fourth-order valence-corrected chi connectivity index (χ4v) is 6.11. The highest BCUT2D eigenvalue weighted by Crippen LogP contribution is 2.53. The molecular formula is C26H32N2O7. The number of ketones is 2. The lowest BCUT2D eigenvalue weighted by Gasteiger charge is -2.50. The maximum Gasteiger partial charge on any atom is 0.255 e.